The summed E-state index contributed by atoms with van der Waals surface area (Å²) in [6, 6.07) is 9.05. The summed E-state index contributed by atoms with van der Waals surface area (Å²) in [7, 11) is 0. The Balaban J connectivity index is 1.56. The second kappa shape index (κ2) is 5.51. The molecule has 1 saturated heterocycles. The van der Waals surface area contributed by atoms with Crippen molar-refractivity contribution in [3.8, 4) is 5.75 Å². The Morgan fingerprint density at radius 2 is 2.21 bits per heavy atom. The van der Waals surface area contributed by atoms with Crippen LogP contribution in [0, 0.1) is 5.92 Å². The molecule has 3 nitrogen and oxygen atoms in total. The Morgan fingerprint density at radius 3 is 3.00 bits per heavy atom. The monoisotopic (exact) mass is 260 g/mol. The largest absolute Gasteiger partial charge is 0.488 e. The third kappa shape index (κ3) is 2.93. The summed E-state index contributed by atoms with van der Waals surface area (Å²) in [6.07, 6.45) is 1.40. The summed E-state index contributed by atoms with van der Waals surface area (Å²) >= 11 is 0. The van der Waals surface area contributed by atoms with E-state index in [1.165, 1.54) is 5.56 Å². The highest BCUT2D eigenvalue weighted by Gasteiger charge is 2.28. The van der Waals surface area contributed by atoms with Crippen molar-refractivity contribution in [3.63, 3.8) is 0 Å². The number of benzene rings is 1. The van der Waals surface area contributed by atoms with E-state index in [-0.39, 0.29) is 0 Å². The fourth-order valence-electron chi connectivity index (χ4n) is 3.10. The number of ether oxygens (including phenoxy) is 1. The van der Waals surface area contributed by atoms with Crippen LogP contribution >= 0.6 is 0 Å². The van der Waals surface area contributed by atoms with Crippen LogP contribution in [0.4, 0.5) is 0 Å². The van der Waals surface area contributed by atoms with Gasteiger partial charge >= 0.3 is 0 Å². The molecular formula is C16H24N2O. The lowest BCUT2D eigenvalue weighted by Gasteiger charge is -2.36. The van der Waals surface area contributed by atoms with Crippen molar-refractivity contribution >= 4 is 0 Å². The molecule has 0 bridgehead atoms. The van der Waals surface area contributed by atoms with Crippen LogP contribution < -0.4 is 10.1 Å². The van der Waals surface area contributed by atoms with E-state index in [4.69, 9.17) is 4.74 Å². The predicted molar refractivity (Wildman–Crippen MR) is 77.6 cm³/mol. The van der Waals surface area contributed by atoms with Crippen molar-refractivity contribution < 1.29 is 4.74 Å². The molecule has 1 fully saturated rings. The van der Waals surface area contributed by atoms with Crippen molar-refractivity contribution in [3.05, 3.63) is 29.8 Å². The van der Waals surface area contributed by atoms with Crippen LogP contribution in [0.3, 0.4) is 0 Å². The van der Waals surface area contributed by atoms with E-state index in [0.29, 0.717) is 18.1 Å². The average Bonchev–Trinajstić information content (AvgIpc) is 2.81. The maximum Gasteiger partial charge on any atom is 0.123 e. The minimum absolute atomic E-state index is 0.336. The Hall–Kier alpha value is -1.06. The first kappa shape index (κ1) is 12.9. The molecule has 1 N–H and O–H groups in total. The summed E-state index contributed by atoms with van der Waals surface area (Å²) in [5.41, 5.74) is 1.36. The Bertz CT molecular complexity index is 408. The normalized spacial score (nSPS) is 27.3. The quantitative estimate of drug-likeness (QED) is 0.898. The van der Waals surface area contributed by atoms with Gasteiger partial charge < -0.3 is 10.1 Å². The zero-order valence-corrected chi connectivity index (χ0v) is 11.9. The van der Waals surface area contributed by atoms with Gasteiger partial charge in [0.25, 0.3) is 0 Å². The summed E-state index contributed by atoms with van der Waals surface area (Å²) < 4.78 is 6.04. The molecule has 0 amide bonds. The van der Waals surface area contributed by atoms with E-state index in [1.807, 2.05) is 0 Å². The van der Waals surface area contributed by atoms with Crippen LogP contribution in [0.2, 0.25) is 0 Å². The van der Waals surface area contributed by atoms with E-state index in [2.05, 4.69) is 48.3 Å². The molecular weight excluding hydrogens is 236 g/mol. The molecule has 0 spiro atoms. The molecule has 1 aromatic rings. The smallest absolute Gasteiger partial charge is 0.123 e. The zero-order valence-electron chi connectivity index (χ0n) is 11.9. The zero-order chi connectivity index (χ0) is 13.2. The van der Waals surface area contributed by atoms with Gasteiger partial charge in [0.15, 0.2) is 0 Å². The minimum atomic E-state index is 0.336. The molecule has 3 rings (SSSR count). The van der Waals surface area contributed by atoms with Crippen molar-refractivity contribution in [1.29, 1.82) is 0 Å². The fourth-order valence-corrected chi connectivity index (χ4v) is 3.10. The molecule has 2 heterocycles. The van der Waals surface area contributed by atoms with Crippen molar-refractivity contribution in [2.24, 2.45) is 5.92 Å². The van der Waals surface area contributed by atoms with Crippen LogP contribution in [0.25, 0.3) is 0 Å². The molecule has 0 saturated carbocycles. The second-order valence-corrected chi connectivity index (χ2v) is 6.12. The third-order valence-electron chi connectivity index (χ3n) is 4.27. The van der Waals surface area contributed by atoms with Crippen LogP contribution in [0.5, 0.6) is 5.75 Å². The molecule has 2 aliphatic rings. The number of hydrogen-bond donors (Lipinski definition) is 1. The first-order chi connectivity index (χ1) is 9.22. The standard InChI is InChI=1S/C16H24N2O/c1-12(2)15-11-18(8-7-17-15)10-14-9-13-5-3-4-6-16(13)19-14/h3-6,12,14-15,17H,7-11H2,1-2H3. The predicted octanol–water partition coefficient (Wildman–Crippen LogP) is 1.92. The lowest BCUT2D eigenvalue weighted by molar-refractivity contribution is 0.113. The SMILES string of the molecule is CC(C)C1CN(CC2Cc3ccccc3O2)CCN1. The van der Waals surface area contributed by atoms with Crippen LogP contribution in [-0.4, -0.2) is 43.2 Å². The molecule has 3 heteroatoms. The lowest BCUT2D eigenvalue weighted by Crippen LogP contribution is -2.54. The maximum atomic E-state index is 6.04. The topological polar surface area (TPSA) is 24.5 Å². The molecule has 0 aliphatic carbocycles. The van der Waals surface area contributed by atoms with Crippen LogP contribution in [0.1, 0.15) is 19.4 Å². The Labute approximate surface area is 115 Å². The fraction of sp³-hybridized carbons (Fsp3) is 0.625. The van der Waals surface area contributed by atoms with Gasteiger partial charge in [0, 0.05) is 38.6 Å². The Morgan fingerprint density at radius 1 is 1.37 bits per heavy atom. The summed E-state index contributed by atoms with van der Waals surface area (Å²) in [5.74, 6) is 1.78. The summed E-state index contributed by atoms with van der Waals surface area (Å²) in [6.45, 7) is 9.03. The minimum Gasteiger partial charge on any atom is -0.488 e. The third-order valence-corrected chi connectivity index (χ3v) is 4.27. The summed E-state index contributed by atoms with van der Waals surface area (Å²) in [4.78, 5) is 2.55. The van der Waals surface area contributed by atoms with E-state index in [0.717, 1.165) is 38.3 Å². The van der Waals surface area contributed by atoms with Gasteiger partial charge in [-0.25, -0.2) is 0 Å². The van der Waals surface area contributed by atoms with Crippen molar-refractivity contribution in [2.75, 3.05) is 26.2 Å². The number of fused-ring (bicyclic) bond motifs is 1. The average molecular weight is 260 g/mol. The van der Waals surface area contributed by atoms with E-state index in [9.17, 15) is 0 Å². The van der Waals surface area contributed by atoms with Gasteiger partial charge in [0.05, 0.1) is 0 Å². The highest BCUT2D eigenvalue weighted by atomic mass is 16.5. The lowest BCUT2D eigenvalue weighted by atomic mass is 10.0. The number of hydrogen-bond acceptors (Lipinski definition) is 3. The molecule has 0 radical (unpaired) electrons. The molecule has 2 aliphatic heterocycles. The van der Waals surface area contributed by atoms with Crippen LogP contribution in [-0.2, 0) is 6.42 Å². The number of rotatable bonds is 3. The summed E-state index contributed by atoms with van der Waals surface area (Å²) in [5, 5.41) is 3.61. The number of piperazine rings is 1. The number of nitrogens with zero attached hydrogens (tertiary/aromatic N) is 1. The van der Waals surface area contributed by atoms with Gasteiger partial charge in [0.1, 0.15) is 11.9 Å². The highest BCUT2D eigenvalue weighted by Crippen LogP contribution is 2.28. The van der Waals surface area contributed by atoms with Crippen LogP contribution in [0.15, 0.2) is 24.3 Å². The van der Waals surface area contributed by atoms with Gasteiger partial charge in [-0.1, -0.05) is 32.0 Å². The first-order valence-corrected chi connectivity index (χ1v) is 7.42. The van der Waals surface area contributed by atoms with Gasteiger partial charge in [-0.15, -0.1) is 0 Å². The first-order valence-electron chi connectivity index (χ1n) is 7.42. The molecule has 2 atom stereocenters. The maximum absolute atomic E-state index is 6.04. The second-order valence-electron chi connectivity index (χ2n) is 6.12. The van der Waals surface area contributed by atoms with E-state index in [1.54, 1.807) is 0 Å². The molecule has 1 aromatic carbocycles. The molecule has 2 unspecified atom stereocenters. The van der Waals surface area contributed by atoms with Crippen molar-refractivity contribution in [1.82, 2.24) is 10.2 Å². The van der Waals surface area contributed by atoms with Gasteiger partial charge in [-0.2, -0.15) is 0 Å². The van der Waals surface area contributed by atoms with Crippen molar-refractivity contribution in [2.45, 2.75) is 32.4 Å². The van der Waals surface area contributed by atoms with Gasteiger partial charge in [0.2, 0.25) is 0 Å². The highest BCUT2D eigenvalue weighted by molar-refractivity contribution is 5.37. The molecule has 104 valence electrons. The Kier molecular flexibility index (Phi) is 3.76. The number of para-hydroxylation sites is 1. The molecule has 0 aromatic heterocycles. The van der Waals surface area contributed by atoms with Gasteiger partial charge in [-0.3, -0.25) is 4.90 Å². The van der Waals surface area contributed by atoms with E-state index >= 15 is 0 Å². The number of nitrogens with one attached hydrogen (secondary N) is 1. The molecule has 19 heavy (non-hydrogen) atoms. The van der Waals surface area contributed by atoms with Gasteiger partial charge in [-0.05, 0) is 17.5 Å². The van der Waals surface area contributed by atoms with E-state index < -0.39 is 0 Å².